The number of hydrogen-bond acceptors (Lipinski definition) is 10. The highest BCUT2D eigenvalue weighted by Crippen LogP contribution is 2.28. The number of nitrogen functional groups attached to an aromatic ring is 1. The van der Waals surface area contributed by atoms with Gasteiger partial charge in [0.05, 0.1) is 25.6 Å². The summed E-state index contributed by atoms with van der Waals surface area (Å²) < 4.78 is 16.5. The number of amides is 1. The van der Waals surface area contributed by atoms with Gasteiger partial charge in [0.15, 0.2) is 17.2 Å². The zero-order valence-electron chi connectivity index (χ0n) is 17.2. The molecule has 0 fully saturated rings. The largest absolute Gasteiger partial charge is 0.493 e. The molecule has 0 saturated heterocycles. The number of hydrogen-bond donors (Lipinski definition) is 2. The number of nitrogens with zero attached hydrogens (tertiary/aromatic N) is 6. The minimum absolute atomic E-state index is 0.0380. The van der Waals surface area contributed by atoms with E-state index in [0.717, 1.165) is 5.56 Å². The number of rotatable bonds is 7. The van der Waals surface area contributed by atoms with Gasteiger partial charge in [-0.05, 0) is 41.4 Å². The predicted molar refractivity (Wildman–Crippen MR) is 107 cm³/mol. The summed E-state index contributed by atoms with van der Waals surface area (Å²) in [6, 6.07) is 5.33. The summed E-state index contributed by atoms with van der Waals surface area (Å²) in [4.78, 5) is 12.7. The van der Waals surface area contributed by atoms with Crippen molar-refractivity contribution in [2.24, 2.45) is 5.10 Å². The lowest BCUT2D eigenvalue weighted by Gasteiger charge is -2.10. The molecule has 0 bridgehead atoms. The highest BCUT2D eigenvalue weighted by molar-refractivity contribution is 6.01. The van der Waals surface area contributed by atoms with Crippen LogP contribution in [-0.4, -0.2) is 51.1 Å². The maximum absolute atomic E-state index is 12.7. The van der Waals surface area contributed by atoms with Crippen LogP contribution in [0.5, 0.6) is 11.5 Å². The summed E-state index contributed by atoms with van der Waals surface area (Å²) in [6.07, 6.45) is 0. The van der Waals surface area contributed by atoms with Crippen LogP contribution in [0.15, 0.2) is 27.9 Å². The van der Waals surface area contributed by atoms with Crippen molar-refractivity contribution in [3.05, 3.63) is 35.2 Å². The second-order valence-electron chi connectivity index (χ2n) is 6.57. The number of carbonyl (C=O) groups is 1. The van der Waals surface area contributed by atoms with Crippen LogP contribution in [0, 0.1) is 0 Å². The molecule has 0 radical (unpaired) electrons. The summed E-state index contributed by atoms with van der Waals surface area (Å²) in [5.74, 6) is 0.705. The van der Waals surface area contributed by atoms with Gasteiger partial charge in [0.25, 0.3) is 5.91 Å². The summed E-state index contributed by atoms with van der Waals surface area (Å²) in [5, 5.41) is 19.3. The van der Waals surface area contributed by atoms with Crippen molar-refractivity contribution >= 4 is 17.4 Å². The molecule has 0 aliphatic heterocycles. The van der Waals surface area contributed by atoms with E-state index in [1.54, 1.807) is 33.3 Å². The highest BCUT2D eigenvalue weighted by atomic mass is 16.6. The summed E-state index contributed by atoms with van der Waals surface area (Å²) in [7, 11) is 3.10. The van der Waals surface area contributed by atoms with Gasteiger partial charge in [-0.15, -0.1) is 5.10 Å². The monoisotopic (exact) mass is 414 g/mol. The van der Waals surface area contributed by atoms with E-state index in [0.29, 0.717) is 22.9 Å². The van der Waals surface area contributed by atoms with Crippen molar-refractivity contribution in [2.75, 3.05) is 20.0 Å². The zero-order chi connectivity index (χ0) is 21.8. The molecule has 3 rings (SSSR count). The summed E-state index contributed by atoms with van der Waals surface area (Å²) in [5.41, 5.74) is 10.1. The third-order valence-corrected chi connectivity index (χ3v) is 4.29. The Kier molecular flexibility index (Phi) is 5.95. The van der Waals surface area contributed by atoms with Crippen molar-refractivity contribution < 1.29 is 18.9 Å². The van der Waals surface area contributed by atoms with Crippen molar-refractivity contribution in [1.82, 2.24) is 30.7 Å². The minimum Gasteiger partial charge on any atom is -0.493 e. The fourth-order valence-corrected chi connectivity index (χ4v) is 2.78. The molecule has 1 amide bonds. The van der Waals surface area contributed by atoms with E-state index in [1.165, 1.54) is 4.68 Å². The van der Waals surface area contributed by atoms with Crippen molar-refractivity contribution in [1.29, 1.82) is 0 Å². The van der Waals surface area contributed by atoms with Gasteiger partial charge in [0.2, 0.25) is 11.6 Å². The van der Waals surface area contributed by atoms with Crippen molar-refractivity contribution in [2.45, 2.75) is 26.7 Å². The van der Waals surface area contributed by atoms with E-state index in [2.05, 4.69) is 35.8 Å². The molecule has 12 nitrogen and oxygen atoms in total. The number of benzene rings is 1. The van der Waals surface area contributed by atoms with E-state index in [4.69, 9.17) is 15.2 Å². The zero-order valence-corrected chi connectivity index (χ0v) is 17.2. The molecule has 158 valence electrons. The third kappa shape index (κ3) is 3.92. The Hall–Kier alpha value is -3.96. The van der Waals surface area contributed by atoms with E-state index in [9.17, 15) is 4.79 Å². The fourth-order valence-electron chi connectivity index (χ4n) is 2.78. The first-order valence-electron chi connectivity index (χ1n) is 8.98. The van der Waals surface area contributed by atoms with E-state index in [1.807, 2.05) is 19.9 Å². The van der Waals surface area contributed by atoms with Gasteiger partial charge in [-0.3, -0.25) is 4.79 Å². The van der Waals surface area contributed by atoms with Crippen LogP contribution in [0.4, 0.5) is 5.82 Å². The van der Waals surface area contributed by atoms with Gasteiger partial charge < -0.3 is 15.2 Å². The van der Waals surface area contributed by atoms with Crippen LogP contribution in [-0.2, 0) is 0 Å². The molecule has 2 aromatic heterocycles. The quantitative estimate of drug-likeness (QED) is 0.432. The Morgan fingerprint density at radius 3 is 2.57 bits per heavy atom. The summed E-state index contributed by atoms with van der Waals surface area (Å²) in [6.45, 7) is 5.52. The number of anilines is 1. The molecule has 1 aromatic carbocycles. The van der Waals surface area contributed by atoms with E-state index in [-0.39, 0.29) is 23.2 Å². The van der Waals surface area contributed by atoms with Crippen LogP contribution in [0.3, 0.4) is 0 Å². The van der Waals surface area contributed by atoms with Gasteiger partial charge in [0, 0.05) is 5.56 Å². The second kappa shape index (κ2) is 8.59. The minimum atomic E-state index is -0.528. The molecular formula is C18H22N8O4. The number of carbonyl (C=O) groups excluding carboxylic acids is 1. The van der Waals surface area contributed by atoms with Crippen LogP contribution in [0.1, 0.15) is 48.4 Å². The number of aromatic nitrogens is 5. The first kappa shape index (κ1) is 20.8. The highest BCUT2D eigenvalue weighted by Gasteiger charge is 2.25. The molecule has 30 heavy (non-hydrogen) atoms. The van der Waals surface area contributed by atoms with Gasteiger partial charge in [0.1, 0.15) is 0 Å². The van der Waals surface area contributed by atoms with Gasteiger partial charge in [-0.2, -0.15) is 9.78 Å². The Morgan fingerprint density at radius 1 is 1.23 bits per heavy atom. The van der Waals surface area contributed by atoms with Crippen LogP contribution in [0.2, 0.25) is 0 Å². The molecule has 0 aliphatic carbocycles. The van der Waals surface area contributed by atoms with Gasteiger partial charge in [-0.1, -0.05) is 19.1 Å². The maximum atomic E-state index is 12.7. The molecule has 0 spiro atoms. The molecule has 12 heteroatoms. The topological polar surface area (TPSA) is 156 Å². The smallest absolute Gasteiger partial charge is 0.293 e. The number of methoxy groups -OCH3 is 2. The Morgan fingerprint density at radius 2 is 1.97 bits per heavy atom. The molecule has 3 N–H and O–H groups in total. The average molecular weight is 414 g/mol. The van der Waals surface area contributed by atoms with Crippen LogP contribution >= 0.6 is 0 Å². The average Bonchev–Trinajstić information content (AvgIpc) is 3.37. The Labute approximate surface area is 172 Å². The number of ether oxygens (including phenoxy) is 2. The lowest BCUT2D eigenvalue weighted by Crippen LogP contribution is -2.22. The van der Waals surface area contributed by atoms with Crippen LogP contribution < -0.4 is 20.6 Å². The normalized spacial score (nSPS) is 11.6. The van der Waals surface area contributed by atoms with Gasteiger partial charge >= 0.3 is 0 Å². The standard InChI is InChI=1S/C18H22N8O4/c1-9(2)15-14(21-25-26(15)17-16(19)23-30-24-17)18(27)22-20-10(3)11-6-7-12(28-4)13(8-11)29-5/h6-9H,1-5H3,(H2,19,23)(H,22,27)/b20-10-. The third-order valence-electron chi connectivity index (χ3n) is 4.29. The molecule has 0 atom stereocenters. The number of hydrazone groups is 1. The molecule has 2 heterocycles. The lowest BCUT2D eigenvalue weighted by molar-refractivity contribution is 0.0948. The van der Waals surface area contributed by atoms with E-state index >= 15 is 0 Å². The Balaban J connectivity index is 1.86. The molecule has 0 saturated carbocycles. The summed E-state index contributed by atoms with van der Waals surface area (Å²) >= 11 is 0. The molecular weight excluding hydrogens is 392 g/mol. The predicted octanol–water partition coefficient (Wildman–Crippen LogP) is 1.53. The SMILES string of the molecule is COc1ccc(/C(C)=N\NC(=O)c2nnn(-c3nonc3N)c2C(C)C)cc1OC. The fraction of sp³-hybridized carbons (Fsp3) is 0.333. The molecule has 0 unspecified atom stereocenters. The first-order valence-corrected chi connectivity index (χ1v) is 8.98. The number of nitrogens with two attached hydrogens (primary N) is 1. The number of nitrogens with one attached hydrogen (secondary N) is 1. The van der Waals surface area contributed by atoms with E-state index < -0.39 is 5.91 Å². The molecule has 0 aliphatic rings. The van der Waals surface area contributed by atoms with Crippen molar-refractivity contribution in [3.8, 4) is 17.3 Å². The van der Waals surface area contributed by atoms with Crippen molar-refractivity contribution in [3.63, 3.8) is 0 Å². The Bertz CT molecular complexity index is 1090. The van der Waals surface area contributed by atoms with Crippen LogP contribution in [0.25, 0.3) is 5.82 Å². The maximum Gasteiger partial charge on any atom is 0.293 e. The second-order valence-corrected chi connectivity index (χ2v) is 6.57. The molecule has 3 aromatic rings. The lowest BCUT2D eigenvalue weighted by atomic mass is 10.1. The van der Waals surface area contributed by atoms with Gasteiger partial charge in [-0.25, -0.2) is 10.1 Å². The first-order chi connectivity index (χ1) is 14.4.